The van der Waals surface area contributed by atoms with Crippen molar-refractivity contribution < 1.29 is 19.1 Å². The number of hydrogen-bond acceptors (Lipinski definition) is 4. The summed E-state index contributed by atoms with van der Waals surface area (Å²) in [7, 11) is 0. The Bertz CT molecular complexity index is 1440. The van der Waals surface area contributed by atoms with Gasteiger partial charge in [-0.1, -0.05) is 67.9 Å². The van der Waals surface area contributed by atoms with Crippen molar-refractivity contribution in [2.45, 2.75) is 97.9 Å². The Hall–Kier alpha value is -3.87. The molecule has 1 aliphatic carbocycles. The van der Waals surface area contributed by atoms with Gasteiger partial charge in [0.1, 0.15) is 17.7 Å². The number of ether oxygens (including phenoxy) is 1. The lowest BCUT2D eigenvalue weighted by Crippen LogP contribution is -2.57. The summed E-state index contributed by atoms with van der Waals surface area (Å²) in [4.78, 5) is 43.5. The summed E-state index contributed by atoms with van der Waals surface area (Å²) in [6.45, 7) is 13.4. The summed E-state index contributed by atoms with van der Waals surface area (Å²) >= 11 is 0. The normalized spacial score (nSPS) is 15.0. The van der Waals surface area contributed by atoms with Gasteiger partial charge in [-0.2, -0.15) is 0 Å². The summed E-state index contributed by atoms with van der Waals surface area (Å²) in [5.74, 6) is -0.415. The first-order valence-electron chi connectivity index (χ1n) is 15.0. The summed E-state index contributed by atoms with van der Waals surface area (Å²) < 4.78 is 5.52. The van der Waals surface area contributed by atoms with Crippen molar-refractivity contribution in [3.63, 3.8) is 0 Å². The maximum absolute atomic E-state index is 14.5. The lowest BCUT2D eigenvalue weighted by atomic mass is 9.86. The molecule has 3 amide bonds. The van der Waals surface area contributed by atoms with Gasteiger partial charge in [0.2, 0.25) is 5.91 Å². The minimum atomic E-state index is -0.871. The van der Waals surface area contributed by atoms with E-state index in [1.807, 2.05) is 88.4 Å². The molecule has 7 nitrogen and oxygen atoms in total. The van der Waals surface area contributed by atoms with Gasteiger partial charge in [0.15, 0.2) is 0 Å². The fraction of sp³-hybridized carbons (Fsp3) is 0.457. The Morgan fingerprint density at radius 1 is 0.952 bits per heavy atom. The Morgan fingerprint density at radius 3 is 2.26 bits per heavy atom. The second kappa shape index (κ2) is 13.0. The number of rotatable bonds is 9. The molecule has 2 atom stereocenters. The van der Waals surface area contributed by atoms with E-state index in [1.165, 1.54) is 0 Å². The molecule has 224 valence electrons. The Morgan fingerprint density at radius 2 is 1.64 bits per heavy atom. The van der Waals surface area contributed by atoms with Gasteiger partial charge in [-0.25, -0.2) is 4.79 Å². The van der Waals surface area contributed by atoms with Crippen LogP contribution < -0.4 is 10.6 Å². The van der Waals surface area contributed by atoms with Crippen LogP contribution in [-0.2, 0) is 14.3 Å². The molecule has 7 heteroatoms. The van der Waals surface area contributed by atoms with Gasteiger partial charge in [0.25, 0.3) is 5.91 Å². The van der Waals surface area contributed by atoms with E-state index in [-0.39, 0.29) is 23.8 Å². The number of benzene rings is 3. The lowest BCUT2D eigenvalue weighted by molar-refractivity contribution is -0.146. The smallest absolute Gasteiger partial charge is 0.408 e. The molecule has 2 N–H and O–H groups in total. The molecule has 2 unspecified atom stereocenters. The number of amides is 3. The first-order valence-corrected chi connectivity index (χ1v) is 15.0. The van der Waals surface area contributed by atoms with Crippen LogP contribution in [0.1, 0.15) is 83.0 Å². The van der Waals surface area contributed by atoms with Crippen LogP contribution in [0.4, 0.5) is 10.5 Å². The fourth-order valence-electron chi connectivity index (χ4n) is 5.46. The van der Waals surface area contributed by atoms with E-state index in [0.29, 0.717) is 12.1 Å². The van der Waals surface area contributed by atoms with Crippen LogP contribution in [-0.4, -0.2) is 40.5 Å². The molecular formula is C35H45N3O4. The molecule has 0 bridgehead atoms. The average Bonchev–Trinajstić information content (AvgIpc) is 2.87. The third kappa shape index (κ3) is 7.69. The third-order valence-electron chi connectivity index (χ3n) is 7.69. The van der Waals surface area contributed by atoms with Gasteiger partial charge in [-0.15, -0.1) is 0 Å². The van der Waals surface area contributed by atoms with E-state index in [0.717, 1.165) is 46.7 Å². The second-order valence-corrected chi connectivity index (χ2v) is 13.0. The van der Waals surface area contributed by atoms with Crippen LogP contribution >= 0.6 is 0 Å². The fourth-order valence-corrected chi connectivity index (χ4v) is 5.46. The van der Waals surface area contributed by atoms with Gasteiger partial charge < -0.3 is 20.3 Å². The molecule has 3 aromatic carbocycles. The predicted molar refractivity (Wildman–Crippen MR) is 168 cm³/mol. The van der Waals surface area contributed by atoms with E-state index >= 15 is 0 Å². The quantitative estimate of drug-likeness (QED) is 0.279. The topological polar surface area (TPSA) is 87.7 Å². The summed E-state index contributed by atoms with van der Waals surface area (Å²) in [6, 6.07) is 18.0. The van der Waals surface area contributed by atoms with Crippen LogP contribution in [0, 0.1) is 19.8 Å². The molecule has 1 aliphatic rings. The summed E-state index contributed by atoms with van der Waals surface area (Å²) in [6.07, 6.45) is 2.37. The molecule has 42 heavy (non-hydrogen) atoms. The number of carbonyl (C=O) groups is 3. The van der Waals surface area contributed by atoms with Crippen molar-refractivity contribution in [3.8, 4) is 0 Å². The van der Waals surface area contributed by atoms with Crippen LogP contribution in [0.2, 0.25) is 0 Å². The number of anilines is 1. The standard InChI is InChI=1S/C35H45N3O4/c1-22(2)19-30(37-34(41)42-35(5,6)7)33(40)38(28-13-10-14-28)31(29-20-23(3)15-16-24(29)4)32(39)36-27-18-17-25-11-8-9-12-26(25)21-27/h8-9,11-12,15-18,20-22,28,30-31H,10,13-14,19H2,1-7H3,(H,36,39)(H,37,41). The lowest BCUT2D eigenvalue weighted by Gasteiger charge is -2.44. The molecule has 0 saturated heterocycles. The first kappa shape index (κ1) is 31.1. The monoisotopic (exact) mass is 571 g/mol. The number of nitrogens with zero attached hydrogens (tertiary/aromatic N) is 1. The van der Waals surface area contributed by atoms with Crippen molar-refractivity contribution in [2.24, 2.45) is 5.92 Å². The van der Waals surface area contributed by atoms with Crippen LogP contribution in [0.25, 0.3) is 10.8 Å². The highest BCUT2D eigenvalue weighted by Crippen LogP contribution is 2.36. The number of carbonyl (C=O) groups excluding carboxylic acids is 3. The molecule has 3 aromatic rings. The van der Waals surface area contributed by atoms with Crippen molar-refractivity contribution in [3.05, 3.63) is 77.4 Å². The minimum absolute atomic E-state index is 0.111. The maximum Gasteiger partial charge on any atom is 0.408 e. The maximum atomic E-state index is 14.5. The van der Waals surface area contributed by atoms with Crippen molar-refractivity contribution in [2.75, 3.05) is 5.32 Å². The van der Waals surface area contributed by atoms with Crippen LogP contribution in [0.3, 0.4) is 0 Å². The van der Waals surface area contributed by atoms with Crippen LogP contribution in [0.5, 0.6) is 0 Å². The van der Waals surface area contributed by atoms with Gasteiger partial charge >= 0.3 is 6.09 Å². The molecule has 0 radical (unpaired) electrons. The van der Waals surface area contributed by atoms with E-state index < -0.39 is 23.8 Å². The van der Waals surface area contributed by atoms with Gasteiger partial charge in [0.05, 0.1) is 0 Å². The predicted octanol–water partition coefficient (Wildman–Crippen LogP) is 7.46. The number of alkyl carbamates (subject to hydrolysis) is 1. The number of fused-ring (bicyclic) bond motifs is 1. The molecular weight excluding hydrogens is 526 g/mol. The van der Waals surface area contributed by atoms with Gasteiger partial charge in [-0.05, 0) is 100 Å². The zero-order chi connectivity index (χ0) is 30.6. The van der Waals surface area contributed by atoms with E-state index in [1.54, 1.807) is 25.7 Å². The molecule has 0 aromatic heterocycles. The largest absolute Gasteiger partial charge is 0.444 e. The van der Waals surface area contributed by atoms with E-state index in [9.17, 15) is 14.4 Å². The highest BCUT2D eigenvalue weighted by Gasteiger charge is 2.42. The molecule has 1 fully saturated rings. The SMILES string of the molecule is Cc1ccc(C)c(C(C(=O)Nc2ccc3ccccc3c2)N(C(=O)C(CC(C)C)NC(=O)OC(C)(C)C)C2CCC2)c1. The summed E-state index contributed by atoms with van der Waals surface area (Å²) in [5, 5.41) is 8.07. The van der Waals surface area contributed by atoms with Crippen molar-refractivity contribution >= 4 is 34.4 Å². The molecule has 1 saturated carbocycles. The second-order valence-electron chi connectivity index (χ2n) is 13.0. The molecule has 0 spiro atoms. The highest BCUT2D eigenvalue weighted by atomic mass is 16.6. The Kier molecular flexibility index (Phi) is 9.60. The van der Waals surface area contributed by atoms with Crippen LogP contribution in [0.15, 0.2) is 60.7 Å². The molecule has 4 rings (SSSR count). The van der Waals surface area contributed by atoms with Crippen molar-refractivity contribution in [1.82, 2.24) is 10.2 Å². The van der Waals surface area contributed by atoms with E-state index in [4.69, 9.17) is 4.74 Å². The zero-order valence-corrected chi connectivity index (χ0v) is 26.0. The number of hydrogen-bond donors (Lipinski definition) is 2. The Labute approximate surface area is 250 Å². The molecule has 0 aliphatic heterocycles. The average molecular weight is 572 g/mol. The van der Waals surface area contributed by atoms with Gasteiger partial charge in [-0.3, -0.25) is 9.59 Å². The number of nitrogens with one attached hydrogen (secondary N) is 2. The molecule has 0 heterocycles. The third-order valence-corrected chi connectivity index (χ3v) is 7.69. The first-order chi connectivity index (χ1) is 19.8. The summed E-state index contributed by atoms with van der Waals surface area (Å²) in [5.41, 5.74) is 2.68. The van der Waals surface area contributed by atoms with Crippen molar-refractivity contribution in [1.29, 1.82) is 0 Å². The Balaban J connectivity index is 1.75. The zero-order valence-electron chi connectivity index (χ0n) is 26.0. The van der Waals surface area contributed by atoms with Gasteiger partial charge in [0, 0.05) is 11.7 Å². The minimum Gasteiger partial charge on any atom is -0.444 e. The number of aryl methyl sites for hydroxylation is 2. The highest BCUT2D eigenvalue weighted by molar-refractivity contribution is 6.00. The van der Waals surface area contributed by atoms with E-state index in [2.05, 4.69) is 10.6 Å².